The number of benzene rings is 1. The third-order valence-corrected chi connectivity index (χ3v) is 4.19. The van der Waals surface area contributed by atoms with Crippen LogP contribution in [0.25, 0.3) is 10.9 Å². The number of aromatic amines is 1. The Morgan fingerprint density at radius 1 is 1.35 bits per heavy atom. The van der Waals surface area contributed by atoms with Crippen molar-refractivity contribution < 1.29 is 19.1 Å². The van der Waals surface area contributed by atoms with Gasteiger partial charge in [0.1, 0.15) is 0 Å². The molecule has 2 heterocycles. The molecule has 0 aliphatic carbocycles. The number of aromatic nitrogens is 1. The van der Waals surface area contributed by atoms with E-state index in [4.69, 9.17) is 4.74 Å². The number of hydrogen-bond donors (Lipinski definition) is 1. The highest BCUT2D eigenvalue weighted by atomic mass is 16.5. The quantitative estimate of drug-likeness (QED) is 0.689. The van der Waals surface area contributed by atoms with Gasteiger partial charge in [-0.25, -0.2) is 0 Å². The number of nitrogens with one attached hydrogen (secondary N) is 1. The maximum absolute atomic E-state index is 12.5. The smallest absolute Gasteiger partial charge is 0.311 e. The highest BCUT2D eigenvalue weighted by Gasteiger charge is 2.35. The molecule has 1 N–H and O–H groups in total. The maximum Gasteiger partial charge on any atom is 0.311 e. The molecule has 6 nitrogen and oxygen atoms in total. The van der Waals surface area contributed by atoms with Crippen LogP contribution in [0.4, 0.5) is 0 Å². The summed E-state index contributed by atoms with van der Waals surface area (Å²) in [4.78, 5) is 40.7. The highest BCUT2D eigenvalue weighted by molar-refractivity contribution is 6.10. The van der Waals surface area contributed by atoms with Crippen LogP contribution in [0.2, 0.25) is 0 Å². The Morgan fingerprint density at radius 2 is 2.09 bits per heavy atom. The summed E-state index contributed by atoms with van der Waals surface area (Å²) in [6, 6.07) is 7.45. The van der Waals surface area contributed by atoms with Crippen molar-refractivity contribution in [3.63, 3.8) is 0 Å². The molecule has 1 aliphatic rings. The number of fused-ring (bicyclic) bond motifs is 1. The number of hydrogen-bond acceptors (Lipinski definition) is 4. The average molecular weight is 314 g/mol. The van der Waals surface area contributed by atoms with E-state index in [1.807, 2.05) is 24.3 Å². The zero-order valence-corrected chi connectivity index (χ0v) is 13.0. The molecule has 6 heteroatoms. The lowest BCUT2D eigenvalue weighted by molar-refractivity contribution is -0.151. The molecule has 0 radical (unpaired) electrons. The van der Waals surface area contributed by atoms with Crippen molar-refractivity contribution in [2.24, 2.45) is 5.92 Å². The van der Waals surface area contributed by atoms with Crippen LogP contribution in [0.3, 0.4) is 0 Å². The second kappa shape index (κ2) is 5.87. The topological polar surface area (TPSA) is 79.5 Å². The number of ketones is 1. The van der Waals surface area contributed by atoms with E-state index >= 15 is 0 Å². The summed E-state index contributed by atoms with van der Waals surface area (Å²) in [5, 5.41) is 0.802. The van der Waals surface area contributed by atoms with E-state index in [0.29, 0.717) is 12.1 Å². The summed E-state index contributed by atoms with van der Waals surface area (Å²) in [6.45, 7) is 1.90. The second-order valence-corrected chi connectivity index (χ2v) is 5.87. The Balaban J connectivity index is 1.70. The molecule has 1 aromatic carbocycles. The number of H-pyrrole nitrogens is 1. The van der Waals surface area contributed by atoms with Crippen molar-refractivity contribution in [1.82, 2.24) is 9.88 Å². The summed E-state index contributed by atoms with van der Waals surface area (Å²) >= 11 is 0. The fourth-order valence-electron chi connectivity index (χ4n) is 2.84. The van der Waals surface area contributed by atoms with Gasteiger partial charge in [-0.05, 0) is 13.0 Å². The van der Waals surface area contributed by atoms with E-state index in [9.17, 15) is 14.4 Å². The summed E-state index contributed by atoms with van der Waals surface area (Å²) in [5.41, 5.74) is 1.36. The molecule has 2 aromatic rings. The summed E-state index contributed by atoms with van der Waals surface area (Å²) in [5.74, 6) is -1.33. The van der Waals surface area contributed by atoms with E-state index < -0.39 is 18.0 Å². The molecular formula is C17H18N2O4. The van der Waals surface area contributed by atoms with Gasteiger partial charge in [0.15, 0.2) is 6.10 Å². The van der Waals surface area contributed by atoms with Gasteiger partial charge in [-0.1, -0.05) is 18.2 Å². The Morgan fingerprint density at radius 3 is 2.78 bits per heavy atom. The Bertz CT molecular complexity index is 780. The minimum atomic E-state index is -0.886. The third kappa shape index (κ3) is 2.84. The fraction of sp³-hybridized carbons (Fsp3) is 0.353. The summed E-state index contributed by atoms with van der Waals surface area (Å²) in [7, 11) is 1.65. The van der Waals surface area contributed by atoms with Crippen molar-refractivity contribution in [3.05, 3.63) is 36.0 Å². The van der Waals surface area contributed by atoms with Gasteiger partial charge in [0, 0.05) is 42.7 Å². The molecule has 2 atom stereocenters. The molecule has 0 bridgehead atoms. The fourth-order valence-corrected chi connectivity index (χ4v) is 2.84. The van der Waals surface area contributed by atoms with E-state index in [0.717, 1.165) is 10.9 Å². The van der Waals surface area contributed by atoms with Gasteiger partial charge in [0.2, 0.25) is 11.7 Å². The molecule has 1 amide bonds. The first-order chi connectivity index (χ1) is 11.0. The minimum absolute atomic E-state index is 0.0810. The van der Waals surface area contributed by atoms with E-state index in [1.54, 1.807) is 20.2 Å². The highest BCUT2D eigenvalue weighted by Crippen LogP contribution is 2.22. The van der Waals surface area contributed by atoms with Crippen LogP contribution >= 0.6 is 0 Å². The molecule has 1 saturated heterocycles. The van der Waals surface area contributed by atoms with Crippen LogP contribution in [-0.2, 0) is 14.3 Å². The lowest BCUT2D eigenvalue weighted by atomic mass is 10.1. The van der Waals surface area contributed by atoms with Crippen molar-refractivity contribution >= 4 is 28.6 Å². The summed E-state index contributed by atoms with van der Waals surface area (Å²) < 4.78 is 5.28. The molecule has 1 aromatic heterocycles. The normalized spacial score (nSPS) is 19.1. The van der Waals surface area contributed by atoms with Gasteiger partial charge < -0.3 is 14.6 Å². The van der Waals surface area contributed by atoms with Crippen LogP contribution in [0.15, 0.2) is 30.5 Å². The standard InChI is InChI=1S/C17H18N2O4/c1-10(23-17(22)11-7-15(20)19(2)9-11)16(21)13-8-18-14-6-4-3-5-12(13)14/h3-6,8,10-11,18H,7,9H2,1-2H3/t10-,11-/m0/s1. The second-order valence-electron chi connectivity index (χ2n) is 5.87. The van der Waals surface area contributed by atoms with Crippen LogP contribution in [0, 0.1) is 5.92 Å². The molecule has 1 fully saturated rings. The van der Waals surface area contributed by atoms with E-state index in [2.05, 4.69) is 4.98 Å². The summed E-state index contributed by atoms with van der Waals surface area (Å²) in [6.07, 6.45) is 0.885. The van der Waals surface area contributed by atoms with Crippen LogP contribution in [-0.4, -0.2) is 47.2 Å². The zero-order chi connectivity index (χ0) is 16.6. The monoisotopic (exact) mass is 314 g/mol. The van der Waals surface area contributed by atoms with Crippen molar-refractivity contribution in [2.75, 3.05) is 13.6 Å². The number of nitrogens with zero attached hydrogens (tertiary/aromatic N) is 1. The molecular weight excluding hydrogens is 296 g/mol. The van der Waals surface area contributed by atoms with E-state index in [1.165, 1.54) is 4.90 Å². The van der Waals surface area contributed by atoms with Crippen molar-refractivity contribution in [3.8, 4) is 0 Å². The Labute approximate surface area is 133 Å². The number of carbonyl (C=O) groups is 3. The molecule has 120 valence electrons. The van der Waals surface area contributed by atoms with Gasteiger partial charge in [0.05, 0.1) is 5.92 Å². The molecule has 0 spiro atoms. The third-order valence-electron chi connectivity index (χ3n) is 4.19. The van der Waals surface area contributed by atoms with Crippen molar-refractivity contribution in [2.45, 2.75) is 19.4 Å². The van der Waals surface area contributed by atoms with Gasteiger partial charge in [-0.3, -0.25) is 14.4 Å². The van der Waals surface area contributed by atoms with Gasteiger partial charge in [0.25, 0.3) is 0 Å². The van der Waals surface area contributed by atoms with Gasteiger partial charge >= 0.3 is 5.97 Å². The number of Topliss-reactive ketones (excluding diaryl/α,β-unsaturated/α-hetero) is 1. The number of amides is 1. The lowest BCUT2D eigenvalue weighted by Crippen LogP contribution is -2.29. The first-order valence-electron chi connectivity index (χ1n) is 7.52. The zero-order valence-electron chi connectivity index (χ0n) is 13.0. The first kappa shape index (κ1) is 15.3. The van der Waals surface area contributed by atoms with E-state index in [-0.39, 0.29) is 18.1 Å². The van der Waals surface area contributed by atoms with Crippen LogP contribution < -0.4 is 0 Å². The van der Waals surface area contributed by atoms with Crippen LogP contribution in [0.5, 0.6) is 0 Å². The Kier molecular flexibility index (Phi) is 3.90. The predicted octanol–water partition coefficient (Wildman–Crippen LogP) is 1.76. The van der Waals surface area contributed by atoms with Gasteiger partial charge in [-0.2, -0.15) is 0 Å². The molecule has 23 heavy (non-hydrogen) atoms. The maximum atomic E-state index is 12.5. The lowest BCUT2D eigenvalue weighted by Gasteiger charge is -2.15. The van der Waals surface area contributed by atoms with Gasteiger partial charge in [-0.15, -0.1) is 0 Å². The number of carbonyl (C=O) groups excluding carboxylic acids is 3. The predicted molar refractivity (Wildman–Crippen MR) is 83.9 cm³/mol. The average Bonchev–Trinajstić information content (AvgIpc) is 3.10. The largest absolute Gasteiger partial charge is 0.454 e. The number of para-hydroxylation sites is 1. The minimum Gasteiger partial charge on any atom is -0.454 e. The van der Waals surface area contributed by atoms with Crippen molar-refractivity contribution in [1.29, 1.82) is 0 Å². The molecule has 0 saturated carbocycles. The molecule has 3 rings (SSSR count). The molecule has 0 unspecified atom stereocenters. The first-order valence-corrected chi connectivity index (χ1v) is 7.52. The van der Waals surface area contributed by atoms with Crippen LogP contribution in [0.1, 0.15) is 23.7 Å². The number of esters is 1. The SMILES string of the molecule is C[C@H](OC(=O)[C@H]1CC(=O)N(C)C1)C(=O)c1c[nH]c2ccccc12. The number of likely N-dealkylation sites (tertiary alicyclic amines) is 1. The molecule has 1 aliphatic heterocycles. The number of rotatable bonds is 4. The Hall–Kier alpha value is -2.63. The number of ether oxygens (including phenoxy) is 1.